The van der Waals surface area contributed by atoms with E-state index in [0.717, 1.165) is 45.9 Å². The highest BCUT2D eigenvalue weighted by atomic mass is 16.5. The van der Waals surface area contributed by atoms with E-state index in [1.54, 1.807) is 0 Å². The van der Waals surface area contributed by atoms with Crippen LogP contribution in [0.3, 0.4) is 0 Å². The zero-order chi connectivity index (χ0) is 11.6. The van der Waals surface area contributed by atoms with E-state index in [4.69, 9.17) is 9.47 Å². The molecule has 0 aromatic rings. The van der Waals surface area contributed by atoms with E-state index >= 15 is 0 Å². The first kappa shape index (κ1) is 13.9. The summed E-state index contributed by atoms with van der Waals surface area (Å²) in [5.74, 6) is 0. The molecule has 0 spiro atoms. The van der Waals surface area contributed by atoms with Crippen molar-refractivity contribution in [3.05, 3.63) is 0 Å². The lowest BCUT2D eigenvalue weighted by atomic mass is 10.2. The normalized spacial score (nSPS) is 22.5. The van der Waals surface area contributed by atoms with Crippen molar-refractivity contribution in [2.75, 3.05) is 53.0 Å². The number of morpholine rings is 1. The zero-order valence-corrected chi connectivity index (χ0v) is 10.7. The van der Waals surface area contributed by atoms with Crippen molar-refractivity contribution in [1.82, 2.24) is 10.2 Å². The molecule has 16 heavy (non-hydrogen) atoms. The van der Waals surface area contributed by atoms with Gasteiger partial charge in [-0.1, -0.05) is 6.92 Å². The van der Waals surface area contributed by atoms with E-state index in [-0.39, 0.29) is 6.10 Å². The van der Waals surface area contributed by atoms with E-state index in [9.17, 15) is 0 Å². The van der Waals surface area contributed by atoms with Gasteiger partial charge in [-0.05, 0) is 33.0 Å². The molecule has 1 rings (SSSR count). The Morgan fingerprint density at radius 2 is 2.38 bits per heavy atom. The summed E-state index contributed by atoms with van der Waals surface area (Å²) in [6.07, 6.45) is 2.56. The molecule has 0 radical (unpaired) electrons. The van der Waals surface area contributed by atoms with E-state index in [2.05, 4.69) is 17.1 Å². The molecule has 0 saturated carbocycles. The first-order valence-electron chi connectivity index (χ1n) is 6.43. The molecule has 4 nitrogen and oxygen atoms in total. The average Bonchev–Trinajstić information content (AvgIpc) is 2.30. The maximum atomic E-state index is 5.68. The Hall–Kier alpha value is -0.160. The van der Waals surface area contributed by atoms with E-state index < -0.39 is 0 Å². The van der Waals surface area contributed by atoms with Gasteiger partial charge in [-0.3, -0.25) is 4.90 Å². The third kappa shape index (κ3) is 5.80. The second-order valence-corrected chi connectivity index (χ2v) is 4.33. The van der Waals surface area contributed by atoms with Gasteiger partial charge in [0, 0.05) is 19.7 Å². The van der Waals surface area contributed by atoms with Crippen molar-refractivity contribution in [1.29, 1.82) is 0 Å². The third-order valence-corrected chi connectivity index (χ3v) is 2.78. The molecule has 96 valence electrons. The predicted molar refractivity (Wildman–Crippen MR) is 65.8 cm³/mol. The molecule has 1 fully saturated rings. The second kappa shape index (κ2) is 8.93. The van der Waals surface area contributed by atoms with Crippen molar-refractivity contribution >= 4 is 0 Å². The van der Waals surface area contributed by atoms with Crippen LogP contribution in [0.4, 0.5) is 0 Å². The minimum absolute atomic E-state index is 0.273. The van der Waals surface area contributed by atoms with Crippen LogP contribution < -0.4 is 5.32 Å². The monoisotopic (exact) mass is 230 g/mol. The van der Waals surface area contributed by atoms with Gasteiger partial charge >= 0.3 is 0 Å². The van der Waals surface area contributed by atoms with Crippen molar-refractivity contribution < 1.29 is 9.47 Å². The lowest BCUT2D eigenvalue weighted by Crippen LogP contribution is -2.44. The molecule has 4 heteroatoms. The first-order valence-corrected chi connectivity index (χ1v) is 6.43. The quantitative estimate of drug-likeness (QED) is 0.623. The van der Waals surface area contributed by atoms with Crippen molar-refractivity contribution in [2.24, 2.45) is 0 Å². The molecular formula is C12H26N2O2. The van der Waals surface area contributed by atoms with Crippen LogP contribution in [0.1, 0.15) is 19.8 Å². The van der Waals surface area contributed by atoms with Crippen LogP contribution in [0.15, 0.2) is 0 Å². The summed E-state index contributed by atoms with van der Waals surface area (Å²) in [5, 5.41) is 3.11. The maximum absolute atomic E-state index is 5.68. The van der Waals surface area contributed by atoms with Crippen molar-refractivity contribution in [2.45, 2.75) is 25.9 Å². The predicted octanol–water partition coefficient (Wildman–Crippen LogP) is 0.723. The van der Waals surface area contributed by atoms with Gasteiger partial charge in [0.05, 0.1) is 19.3 Å². The highest BCUT2D eigenvalue weighted by Gasteiger charge is 2.19. The summed E-state index contributed by atoms with van der Waals surface area (Å²) >= 11 is 0. The fraction of sp³-hybridized carbons (Fsp3) is 1.00. The van der Waals surface area contributed by atoms with Gasteiger partial charge in [0.25, 0.3) is 0 Å². The molecule has 0 aliphatic carbocycles. The third-order valence-electron chi connectivity index (χ3n) is 2.78. The Labute approximate surface area is 99.3 Å². The van der Waals surface area contributed by atoms with Crippen LogP contribution in [0.25, 0.3) is 0 Å². The molecule has 0 unspecified atom stereocenters. The Kier molecular flexibility index (Phi) is 7.76. The minimum atomic E-state index is 0.273. The molecule has 1 aliphatic rings. The van der Waals surface area contributed by atoms with Crippen molar-refractivity contribution in [3.8, 4) is 0 Å². The SMILES string of the molecule is CCCN1CCO[C@H](COCCCNC)C1. The lowest BCUT2D eigenvalue weighted by Gasteiger charge is -2.32. The summed E-state index contributed by atoms with van der Waals surface area (Å²) in [6, 6.07) is 0. The summed E-state index contributed by atoms with van der Waals surface area (Å²) in [4.78, 5) is 2.46. The topological polar surface area (TPSA) is 33.7 Å². The molecule has 1 saturated heterocycles. The standard InChI is InChI=1S/C12H26N2O2/c1-3-6-14-7-9-16-12(10-14)11-15-8-4-5-13-2/h12-13H,3-11H2,1-2H3/t12-/m0/s1. The largest absolute Gasteiger partial charge is 0.379 e. The number of nitrogens with one attached hydrogen (secondary N) is 1. The molecule has 1 N–H and O–H groups in total. The second-order valence-electron chi connectivity index (χ2n) is 4.33. The molecule has 1 heterocycles. The number of ether oxygens (including phenoxy) is 2. The average molecular weight is 230 g/mol. The number of hydrogen-bond acceptors (Lipinski definition) is 4. The summed E-state index contributed by atoms with van der Waals surface area (Å²) < 4.78 is 11.3. The fourth-order valence-electron chi connectivity index (χ4n) is 1.97. The number of rotatable bonds is 8. The minimum Gasteiger partial charge on any atom is -0.379 e. The highest BCUT2D eigenvalue weighted by molar-refractivity contribution is 4.70. The number of hydrogen-bond donors (Lipinski definition) is 1. The van der Waals surface area contributed by atoms with Crippen LogP contribution in [0.5, 0.6) is 0 Å². The Balaban J connectivity index is 2.02. The lowest BCUT2D eigenvalue weighted by molar-refractivity contribution is -0.0690. The zero-order valence-electron chi connectivity index (χ0n) is 10.7. The Bertz CT molecular complexity index is 165. The Morgan fingerprint density at radius 1 is 1.50 bits per heavy atom. The molecular weight excluding hydrogens is 204 g/mol. The van der Waals surface area contributed by atoms with Crippen LogP contribution in [-0.2, 0) is 9.47 Å². The van der Waals surface area contributed by atoms with E-state index in [1.165, 1.54) is 13.0 Å². The summed E-state index contributed by atoms with van der Waals surface area (Å²) in [5.41, 5.74) is 0. The maximum Gasteiger partial charge on any atom is 0.0935 e. The van der Waals surface area contributed by atoms with Crippen LogP contribution >= 0.6 is 0 Å². The van der Waals surface area contributed by atoms with Crippen molar-refractivity contribution in [3.63, 3.8) is 0 Å². The number of nitrogens with zero attached hydrogens (tertiary/aromatic N) is 1. The van der Waals surface area contributed by atoms with Crippen LogP contribution in [0.2, 0.25) is 0 Å². The molecule has 1 atom stereocenters. The molecule has 0 aromatic heterocycles. The molecule has 0 bridgehead atoms. The van der Waals surface area contributed by atoms with E-state index in [0.29, 0.717) is 0 Å². The van der Waals surface area contributed by atoms with Crippen LogP contribution in [0, 0.1) is 0 Å². The van der Waals surface area contributed by atoms with Gasteiger partial charge in [0.1, 0.15) is 0 Å². The highest BCUT2D eigenvalue weighted by Crippen LogP contribution is 2.06. The van der Waals surface area contributed by atoms with Gasteiger partial charge in [0.2, 0.25) is 0 Å². The Morgan fingerprint density at radius 3 is 3.12 bits per heavy atom. The van der Waals surface area contributed by atoms with Gasteiger partial charge in [0.15, 0.2) is 0 Å². The first-order chi connectivity index (χ1) is 7.86. The van der Waals surface area contributed by atoms with Gasteiger partial charge in [-0.15, -0.1) is 0 Å². The van der Waals surface area contributed by atoms with Gasteiger partial charge in [-0.2, -0.15) is 0 Å². The van der Waals surface area contributed by atoms with Crippen LogP contribution in [-0.4, -0.2) is 64.1 Å². The fourth-order valence-corrected chi connectivity index (χ4v) is 1.97. The molecule has 0 aromatic carbocycles. The molecule has 1 aliphatic heterocycles. The van der Waals surface area contributed by atoms with Gasteiger partial charge in [-0.25, -0.2) is 0 Å². The molecule has 0 amide bonds. The summed E-state index contributed by atoms with van der Waals surface area (Å²) in [6.45, 7) is 8.94. The summed E-state index contributed by atoms with van der Waals surface area (Å²) in [7, 11) is 1.97. The van der Waals surface area contributed by atoms with Gasteiger partial charge < -0.3 is 14.8 Å². The smallest absolute Gasteiger partial charge is 0.0935 e. The van der Waals surface area contributed by atoms with E-state index in [1.807, 2.05) is 7.05 Å².